The molecule has 17 heavy (non-hydrogen) atoms. The van der Waals surface area contributed by atoms with Crippen LogP contribution in [0.5, 0.6) is 0 Å². The van der Waals surface area contributed by atoms with E-state index in [2.05, 4.69) is 44.4 Å². The lowest BCUT2D eigenvalue weighted by molar-refractivity contribution is 0.761. The van der Waals surface area contributed by atoms with E-state index < -0.39 is 0 Å². The van der Waals surface area contributed by atoms with Crippen LogP contribution in [0.15, 0.2) is 51.8 Å². The van der Waals surface area contributed by atoms with Gasteiger partial charge < -0.3 is 4.57 Å². The summed E-state index contributed by atoms with van der Waals surface area (Å²) in [6, 6.07) is 7.99. The number of halogens is 1. The van der Waals surface area contributed by atoms with Gasteiger partial charge in [0.25, 0.3) is 0 Å². The topological polar surface area (TPSA) is 17.3 Å². The fourth-order valence-corrected chi connectivity index (χ4v) is 2.80. The lowest BCUT2D eigenvalue weighted by Crippen LogP contribution is -2.14. The van der Waals surface area contributed by atoms with Crippen LogP contribution in [0.1, 0.15) is 5.69 Å². The average Bonchev–Trinajstić information content (AvgIpc) is 2.62. The average molecular weight is 309 g/mol. The van der Waals surface area contributed by atoms with Gasteiger partial charge in [0.1, 0.15) is 0 Å². The van der Waals surface area contributed by atoms with Gasteiger partial charge in [-0.3, -0.25) is 0 Å². The van der Waals surface area contributed by atoms with Gasteiger partial charge in [-0.2, -0.15) is 0 Å². The molecule has 2 rings (SSSR count). The van der Waals surface area contributed by atoms with Gasteiger partial charge in [-0.25, -0.2) is 4.99 Å². The van der Waals surface area contributed by atoms with E-state index in [0.717, 1.165) is 21.5 Å². The van der Waals surface area contributed by atoms with Crippen molar-refractivity contribution < 1.29 is 0 Å². The van der Waals surface area contributed by atoms with Crippen molar-refractivity contribution >= 4 is 33.0 Å². The van der Waals surface area contributed by atoms with E-state index >= 15 is 0 Å². The number of aryl methyl sites for hydroxylation is 1. The molecule has 0 aliphatic carbocycles. The Bertz CT molecular complexity index is 595. The van der Waals surface area contributed by atoms with E-state index in [9.17, 15) is 0 Å². The summed E-state index contributed by atoms with van der Waals surface area (Å²) >= 11 is 5.10. The van der Waals surface area contributed by atoms with Crippen molar-refractivity contribution in [3.05, 3.63) is 57.3 Å². The Morgan fingerprint density at radius 3 is 3.06 bits per heavy atom. The van der Waals surface area contributed by atoms with E-state index in [0.29, 0.717) is 0 Å². The van der Waals surface area contributed by atoms with Crippen LogP contribution in [0.25, 0.3) is 0 Å². The molecule has 4 heteroatoms. The van der Waals surface area contributed by atoms with Gasteiger partial charge in [0.15, 0.2) is 4.80 Å². The highest BCUT2D eigenvalue weighted by Crippen LogP contribution is 2.18. The number of aromatic nitrogens is 1. The monoisotopic (exact) mass is 308 g/mol. The van der Waals surface area contributed by atoms with Crippen LogP contribution < -0.4 is 4.80 Å². The minimum atomic E-state index is 0.794. The maximum absolute atomic E-state index is 4.65. The van der Waals surface area contributed by atoms with Gasteiger partial charge in [0.2, 0.25) is 0 Å². The molecule has 1 aromatic heterocycles. The molecule has 0 spiro atoms. The largest absolute Gasteiger partial charge is 0.317 e. The van der Waals surface area contributed by atoms with Crippen molar-refractivity contribution in [2.24, 2.45) is 4.99 Å². The molecule has 0 bridgehead atoms. The standard InChI is InChI=1S/C13H13BrN2S/c1-3-7-16-10(2)9-17-13(16)15-12-6-4-5-11(14)8-12/h3-6,8-9H,1,7H2,2H3. The highest BCUT2D eigenvalue weighted by molar-refractivity contribution is 9.10. The number of hydrogen-bond acceptors (Lipinski definition) is 2. The van der Waals surface area contributed by atoms with Crippen LogP contribution in [0.4, 0.5) is 5.69 Å². The van der Waals surface area contributed by atoms with Crippen LogP contribution >= 0.6 is 27.3 Å². The van der Waals surface area contributed by atoms with Crippen molar-refractivity contribution in [2.75, 3.05) is 0 Å². The summed E-state index contributed by atoms with van der Waals surface area (Å²) in [6.07, 6.45) is 1.89. The van der Waals surface area contributed by atoms with Crippen LogP contribution in [0.2, 0.25) is 0 Å². The van der Waals surface area contributed by atoms with Crippen molar-refractivity contribution in [2.45, 2.75) is 13.5 Å². The Morgan fingerprint density at radius 2 is 2.35 bits per heavy atom. The molecule has 0 saturated heterocycles. The Labute approximate surface area is 113 Å². The van der Waals surface area contributed by atoms with Crippen LogP contribution in [-0.4, -0.2) is 4.57 Å². The Kier molecular flexibility index (Phi) is 3.97. The Morgan fingerprint density at radius 1 is 1.53 bits per heavy atom. The molecule has 0 unspecified atom stereocenters. The first-order valence-electron chi connectivity index (χ1n) is 5.27. The summed E-state index contributed by atoms with van der Waals surface area (Å²) in [5, 5.41) is 2.11. The highest BCUT2D eigenvalue weighted by Gasteiger charge is 1.99. The second-order valence-electron chi connectivity index (χ2n) is 3.65. The number of thiazole rings is 1. The molecule has 0 N–H and O–H groups in total. The molecule has 2 nitrogen and oxygen atoms in total. The van der Waals surface area contributed by atoms with Crippen LogP contribution in [-0.2, 0) is 6.54 Å². The summed E-state index contributed by atoms with van der Waals surface area (Å²) in [4.78, 5) is 5.65. The van der Waals surface area contributed by atoms with Crippen molar-refractivity contribution in [3.8, 4) is 0 Å². The molecule has 0 fully saturated rings. The van der Waals surface area contributed by atoms with Crippen molar-refractivity contribution in [1.29, 1.82) is 0 Å². The molecular formula is C13H13BrN2S. The third kappa shape index (κ3) is 2.96. The van der Waals surface area contributed by atoms with Crippen molar-refractivity contribution in [1.82, 2.24) is 4.57 Å². The number of nitrogens with zero attached hydrogens (tertiary/aromatic N) is 2. The number of hydrogen-bond donors (Lipinski definition) is 0. The predicted octanol–water partition coefficient (Wildman–Crippen LogP) is 4.04. The molecule has 0 radical (unpaired) electrons. The van der Waals surface area contributed by atoms with Gasteiger partial charge in [-0.15, -0.1) is 17.9 Å². The van der Waals surface area contributed by atoms with E-state index in [1.54, 1.807) is 11.3 Å². The fourth-order valence-electron chi connectivity index (χ4n) is 1.51. The van der Waals surface area contributed by atoms with Crippen LogP contribution in [0.3, 0.4) is 0 Å². The predicted molar refractivity (Wildman–Crippen MR) is 76.6 cm³/mol. The molecule has 0 aliphatic rings. The molecule has 1 aromatic carbocycles. The van der Waals surface area contributed by atoms with Gasteiger partial charge in [0, 0.05) is 22.1 Å². The van der Waals surface area contributed by atoms with Crippen LogP contribution in [0, 0.1) is 6.92 Å². The number of benzene rings is 1. The number of allylic oxidation sites excluding steroid dienone is 1. The summed E-state index contributed by atoms with van der Waals surface area (Å²) in [6.45, 7) is 6.65. The SMILES string of the molecule is C=CCn1c(C)csc1=Nc1cccc(Br)c1. The summed E-state index contributed by atoms with van der Waals surface area (Å²) in [5.41, 5.74) is 2.17. The van der Waals surface area contributed by atoms with Gasteiger partial charge >= 0.3 is 0 Å². The molecule has 0 atom stereocenters. The van der Waals surface area contributed by atoms with E-state index in [1.807, 2.05) is 30.3 Å². The lowest BCUT2D eigenvalue weighted by Gasteiger charge is -2.01. The maximum Gasteiger partial charge on any atom is 0.190 e. The van der Waals surface area contributed by atoms with Gasteiger partial charge in [-0.05, 0) is 25.1 Å². The smallest absolute Gasteiger partial charge is 0.190 e. The van der Waals surface area contributed by atoms with E-state index in [4.69, 9.17) is 0 Å². The number of rotatable bonds is 3. The first-order valence-corrected chi connectivity index (χ1v) is 6.94. The molecular weight excluding hydrogens is 296 g/mol. The second kappa shape index (κ2) is 5.47. The molecule has 0 amide bonds. The zero-order chi connectivity index (χ0) is 12.3. The molecule has 2 aromatic rings. The van der Waals surface area contributed by atoms with E-state index in [-0.39, 0.29) is 0 Å². The quantitative estimate of drug-likeness (QED) is 0.762. The fraction of sp³-hybridized carbons (Fsp3) is 0.154. The maximum atomic E-state index is 4.65. The molecule has 1 heterocycles. The Hall–Kier alpha value is -1.13. The minimum absolute atomic E-state index is 0.794. The molecule has 88 valence electrons. The van der Waals surface area contributed by atoms with Gasteiger partial charge in [0.05, 0.1) is 5.69 Å². The summed E-state index contributed by atoms with van der Waals surface area (Å²) in [7, 11) is 0. The van der Waals surface area contributed by atoms with E-state index in [1.165, 1.54) is 5.69 Å². The zero-order valence-electron chi connectivity index (χ0n) is 9.56. The molecule has 0 saturated carbocycles. The Balaban J connectivity index is 2.49. The van der Waals surface area contributed by atoms with Crippen molar-refractivity contribution in [3.63, 3.8) is 0 Å². The first kappa shape index (κ1) is 12.3. The third-order valence-corrected chi connectivity index (χ3v) is 3.81. The third-order valence-electron chi connectivity index (χ3n) is 2.34. The highest BCUT2D eigenvalue weighted by atomic mass is 79.9. The zero-order valence-corrected chi connectivity index (χ0v) is 12.0. The van der Waals surface area contributed by atoms with Gasteiger partial charge in [-0.1, -0.05) is 28.1 Å². The lowest BCUT2D eigenvalue weighted by atomic mass is 10.3. The minimum Gasteiger partial charge on any atom is -0.317 e. The molecule has 0 aliphatic heterocycles. The summed E-state index contributed by atoms with van der Waals surface area (Å²) < 4.78 is 3.20. The normalized spacial score (nSPS) is 11.8. The first-order chi connectivity index (χ1) is 8.20. The second-order valence-corrected chi connectivity index (χ2v) is 5.40. The summed E-state index contributed by atoms with van der Waals surface area (Å²) in [5.74, 6) is 0.